The summed E-state index contributed by atoms with van der Waals surface area (Å²) in [5.74, 6) is -3.26. The van der Waals surface area contributed by atoms with E-state index in [0.29, 0.717) is 52.4 Å². The van der Waals surface area contributed by atoms with E-state index < -0.39 is 24.0 Å². The summed E-state index contributed by atoms with van der Waals surface area (Å²) in [5, 5.41) is 40.7. The number of carboxylic acids is 3. The number of aliphatic hydroxyl groups excluding tert-OH is 1. The van der Waals surface area contributed by atoms with Crippen LogP contribution in [0.2, 0.25) is 0 Å². The molecule has 1 saturated heterocycles. The van der Waals surface area contributed by atoms with Gasteiger partial charge < -0.3 is 35.2 Å². The van der Waals surface area contributed by atoms with Crippen molar-refractivity contribution in [2.24, 2.45) is 0 Å². The molecule has 1 aliphatic rings. The number of carbonyl (C=O) groups is 4. The fraction of sp³-hybridized carbons (Fsp3) is 0.818. The molecule has 1 rings (SSSR count). The Bertz CT molecular complexity index is 681. The topological polar surface area (TPSA) is 193 Å². The first kappa shape index (κ1) is 32.6. The van der Waals surface area contributed by atoms with E-state index in [4.69, 9.17) is 9.47 Å². The number of ether oxygens (including phenoxy) is 2. The number of nitrogens with zero attached hydrogens (tertiary/aromatic N) is 4. The van der Waals surface area contributed by atoms with Gasteiger partial charge in [0.05, 0.1) is 45.6 Å². The maximum absolute atomic E-state index is 11.3. The first-order valence-corrected chi connectivity index (χ1v) is 12.2. The molecule has 37 heavy (non-hydrogen) atoms. The minimum atomic E-state index is -1.01. The first-order chi connectivity index (χ1) is 17.6. The van der Waals surface area contributed by atoms with Crippen molar-refractivity contribution in [3.63, 3.8) is 0 Å². The van der Waals surface area contributed by atoms with Crippen LogP contribution in [-0.4, -0.2) is 182 Å². The second kappa shape index (κ2) is 18.8. The van der Waals surface area contributed by atoms with Gasteiger partial charge in [-0.15, -0.1) is 0 Å². The highest BCUT2D eigenvalue weighted by atomic mass is 16.5. The van der Waals surface area contributed by atoms with Gasteiger partial charge in [0.15, 0.2) is 0 Å². The molecule has 0 aromatic rings. The van der Waals surface area contributed by atoms with E-state index in [9.17, 15) is 39.6 Å². The number of aliphatic carboxylic acids is 3. The monoisotopic (exact) mass is 535 g/mol. The zero-order valence-corrected chi connectivity index (χ0v) is 21.4. The molecule has 1 aliphatic heterocycles. The van der Waals surface area contributed by atoms with E-state index in [1.807, 2.05) is 4.90 Å². The fourth-order valence-corrected chi connectivity index (χ4v) is 3.73. The summed E-state index contributed by atoms with van der Waals surface area (Å²) in [4.78, 5) is 52.1. The summed E-state index contributed by atoms with van der Waals surface area (Å²) in [6.45, 7) is 2.79. The van der Waals surface area contributed by atoms with Gasteiger partial charge in [0.1, 0.15) is 6.61 Å². The molecule has 5 N–H and O–H groups in total. The van der Waals surface area contributed by atoms with E-state index in [1.165, 1.54) is 7.05 Å². The number of aliphatic hydroxyl groups is 1. The molecule has 1 fully saturated rings. The standard InChI is InChI=1S/C22H41N5O10/c1-23-19(29)17-37-11-10-36-16-18(28)12-24-2-4-25(13-20(30)31)6-8-27(15-22(34)35)9-7-26(5-3-24)14-21(32)33/h18,28H,2-17H2,1H3,(H,23,29)(H,30,31)(H,32,33)(H,34,35). The van der Waals surface area contributed by atoms with Crippen molar-refractivity contribution < 1.29 is 49.1 Å². The summed E-state index contributed by atoms with van der Waals surface area (Å²) < 4.78 is 10.6. The molecule has 0 bridgehead atoms. The molecule has 1 heterocycles. The summed E-state index contributed by atoms with van der Waals surface area (Å²) >= 11 is 0. The maximum Gasteiger partial charge on any atom is 0.317 e. The van der Waals surface area contributed by atoms with Crippen LogP contribution in [0.3, 0.4) is 0 Å². The zero-order chi connectivity index (χ0) is 27.6. The van der Waals surface area contributed by atoms with Gasteiger partial charge in [-0.05, 0) is 0 Å². The Kier molecular flexibility index (Phi) is 16.6. The molecule has 15 nitrogen and oxygen atoms in total. The van der Waals surface area contributed by atoms with Crippen LogP contribution in [-0.2, 0) is 28.7 Å². The van der Waals surface area contributed by atoms with Crippen LogP contribution < -0.4 is 5.32 Å². The maximum atomic E-state index is 11.3. The first-order valence-electron chi connectivity index (χ1n) is 12.2. The normalized spacial score (nSPS) is 18.4. The SMILES string of the molecule is CNC(=O)COCCOCC(O)CN1CCN(CC(=O)O)CCN(CC(=O)O)CCN(CC(=O)O)CC1. The molecular weight excluding hydrogens is 494 g/mol. The summed E-state index contributed by atoms with van der Waals surface area (Å²) in [5.41, 5.74) is 0. The number of carbonyl (C=O) groups excluding carboxylic acids is 1. The second-order valence-electron chi connectivity index (χ2n) is 8.76. The van der Waals surface area contributed by atoms with Crippen molar-refractivity contribution in [3.05, 3.63) is 0 Å². The van der Waals surface area contributed by atoms with Crippen molar-refractivity contribution >= 4 is 23.8 Å². The number of amides is 1. The number of nitrogens with one attached hydrogen (secondary N) is 1. The Morgan fingerprint density at radius 2 is 1.08 bits per heavy atom. The average molecular weight is 536 g/mol. The van der Waals surface area contributed by atoms with Crippen LogP contribution in [0, 0.1) is 0 Å². The Hall–Kier alpha value is -2.40. The second-order valence-corrected chi connectivity index (χ2v) is 8.76. The highest BCUT2D eigenvalue weighted by Crippen LogP contribution is 2.03. The lowest BCUT2D eigenvalue weighted by Crippen LogP contribution is -2.49. The van der Waals surface area contributed by atoms with Crippen LogP contribution in [0.15, 0.2) is 0 Å². The van der Waals surface area contributed by atoms with Gasteiger partial charge in [-0.2, -0.15) is 0 Å². The van der Waals surface area contributed by atoms with Crippen LogP contribution in [0.1, 0.15) is 0 Å². The van der Waals surface area contributed by atoms with Crippen molar-refractivity contribution in [2.75, 3.05) is 112 Å². The van der Waals surface area contributed by atoms with Crippen LogP contribution in [0.4, 0.5) is 0 Å². The van der Waals surface area contributed by atoms with Gasteiger partial charge in [-0.25, -0.2) is 0 Å². The van der Waals surface area contributed by atoms with Crippen molar-refractivity contribution in [1.82, 2.24) is 24.9 Å². The third kappa shape index (κ3) is 16.9. The Balaban J connectivity index is 2.73. The smallest absolute Gasteiger partial charge is 0.317 e. The molecule has 0 saturated carbocycles. The Morgan fingerprint density at radius 3 is 1.46 bits per heavy atom. The fourth-order valence-electron chi connectivity index (χ4n) is 3.73. The van der Waals surface area contributed by atoms with Crippen molar-refractivity contribution in [3.8, 4) is 0 Å². The number of likely N-dealkylation sites (N-methyl/N-ethyl adjacent to an activating group) is 1. The highest BCUT2D eigenvalue weighted by Gasteiger charge is 2.21. The number of carboxylic acid groups (broad SMARTS) is 3. The lowest BCUT2D eigenvalue weighted by Gasteiger charge is -2.33. The van der Waals surface area contributed by atoms with Crippen molar-refractivity contribution in [1.29, 1.82) is 0 Å². The molecule has 1 unspecified atom stereocenters. The zero-order valence-electron chi connectivity index (χ0n) is 21.4. The largest absolute Gasteiger partial charge is 0.480 e. The summed E-state index contributed by atoms with van der Waals surface area (Å²) in [6.07, 6.45) is -0.848. The molecule has 15 heteroatoms. The van der Waals surface area contributed by atoms with Gasteiger partial charge in [0.2, 0.25) is 5.91 Å². The number of β-amino-alcohol motifs (C(OH)–C–C–N with tert-alkyl or cyclic N) is 1. The van der Waals surface area contributed by atoms with Gasteiger partial charge in [-0.3, -0.25) is 38.8 Å². The summed E-state index contributed by atoms with van der Waals surface area (Å²) in [7, 11) is 1.51. The molecule has 1 atom stereocenters. The Labute approximate surface area is 216 Å². The third-order valence-electron chi connectivity index (χ3n) is 5.67. The van der Waals surface area contributed by atoms with Crippen LogP contribution in [0.25, 0.3) is 0 Å². The highest BCUT2D eigenvalue weighted by molar-refractivity contribution is 5.76. The predicted octanol–water partition coefficient (Wildman–Crippen LogP) is -3.40. The van der Waals surface area contributed by atoms with Crippen molar-refractivity contribution in [2.45, 2.75) is 6.10 Å². The van der Waals surface area contributed by atoms with E-state index in [1.54, 1.807) is 14.7 Å². The van der Waals surface area contributed by atoms with Crippen LogP contribution in [0.5, 0.6) is 0 Å². The molecule has 0 spiro atoms. The minimum absolute atomic E-state index is 0.0294. The van der Waals surface area contributed by atoms with Gasteiger partial charge in [0.25, 0.3) is 0 Å². The molecule has 0 aromatic carbocycles. The van der Waals surface area contributed by atoms with Gasteiger partial charge in [0, 0.05) is 66.0 Å². The van der Waals surface area contributed by atoms with E-state index in [2.05, 4.69) is 5.32 Å². The van der Waals surface area contributed by atoms with Gasteiger partial charge in [-0.1, -0.05) is 0 Å². The number of rotatable bonds is 15. The Morgan fingerprint density at radius 1 is 0.703 bits per heavy atom. The van der Waals surface area contributed by atoms with Crippen LogP contribution >= 0.6 is 0 Å². The summed E-state index contributed by atoms with van der Waals surface area (Å²) in [6, 6.07) is 0. The quantitative estimate of drug-likeness (QED) is 0.130. The predicted molar refractivity (Wildman–Crippen MR) is 130 cm³/mol. The molecule has 214 valence electrons. The molecule has 0 aromatic heterocycles. The number of hydrogen-bond acceptors (Lipinski definition) is 11. The van der Waals surface area contributed by atoms with Gasteiger partial charge >= 0.3 is 17.9 Å². The van der Waals surface area contributed by atoms with E-state index in [0.717, 1.165) is 0 Å². The van der Waals surface area contributed by atoms with E-state index >= 15 is 0 Å². The lowest BCUT2D eigenvalue weighted by atomic mass is 10.3. The molecule has 0 aliphatic carbocycles. The van der Waals surface area contributed by atoms with E-state index in [-0.39, 0.29) is 58.5 Å². The molecular formula is C22H41N5O10. The molecule has 1 amide bonds. The lowest BCUT2D eigenvalue weighted by molar-refractivity contribution is -0.140. The third-order valence-corrected chi connectivity index (χ3v) is 5.67. The molecule has 0 radical (unpaired) electrons. The minimum Gasteiger partial charge on any atom is -0.480 e. The number of hydrogen-bond donors (Lipinski definition) is 5. The average Bonchev–Trinajstić information content (AvgIpc) is 2.81.